The summed E-state index contributed by atoms with van der Waals surface area (Å²) in [5.41, 5.74) is 1.24. The Hall–Kier alpha value is -0.720. The van der Waals surface area contributed by atoms with Crippen LogP contribution in [-0.4, -0.2) is 23.1 Å². The van der Waals surface area contributed by atoms with Gasteiger partial charge in [0.15, 0.2) is 8.68 Å². The van der Waals surface area contributed by atoms with Crippen LogP contribution in [0.25, 0.3) is 0 Å². The summed E-state index contributed by atoms with van der Waals surface area (Å²) in [5, 5.41) is 8.31. The third-order valence-electron chi connectivity index (χ3n) is 2.15. The molecule has 96 valence electrons. The van der Waals surface area contributed by atoms with Gasteiger partial charge >= 0.3 is 0 Å². The van der Waals surface area contributed by atoms with Crippen molar-refractivity contribution in [3.05, 3.63) is 29.8 Å². The van der Waals surface area contributed by atoms with Gasteiger partial charge in [-0.05, 0) is 23.4 Å². The first-order valence-electron chi connectivity index (χ1n) is 5.54. The highest BCUT2D eigenvalue weighted by atomic mass is 32.2. The van der Waals surface area contributed by atoms with Crippen molar-refractivity contribution in [1.29, 1.82) is 0 Å². The minimum atomic E-state index is 0.891. The highest BCUT2D eigenvalue weighted by Gasteiger charge is 2.05. The van der Waals surface area contributed by atoms with Gasteiger partial charge in [-0.1, -0.05) is 53.9 Å². The monoisotopic (exact) mass is 298 g/mol. The summed E-state index contributed by atoms with van der Waals surface area (Å²) in [6.07, 6.45) is 0. The van der Waals surface area contributed by atoms with Crippen molar-refractivity contribution in [2.24, 2.45) is 0 Å². The Kier molecular flexibility index (Phi) is 5.34. The van der Waals surface area contributed by atoms with Crippen LogP contribution < -0.4 is 4.74 Å². The number of hydrogen-bond donors (Lipinski definition) is 0. The molecule has 0 aliphatic rings. The van der Waals surface area contributed by atoms with Crippen LogP contribution in [0.3, 0.4) is 0 Å². The lowest BCUT2D eigenvalue weighted by Crippen LogP contribution is -1.85. The summed E-state index contributed by atoms with van der Waals surface area (Å²) in [7, 11) is 1.69. The summed E-state index contributed by atoms with van der Waals surface area (Å²) >= 11 is 5.11. The standard InChI is InChI=1S/C12H14N2OS3/c1-3-16-11-13-14-12(18-11)17-8-9-5-4-6-10(7-9)15-2/h4-7H,3,8H2,1-2H3. The minimum absolute atomic E-state index is 0.891. The fourth-order valence-electron chi connectivity index (χ4n) is 1.34. The van der Waals surface area contributed by atoms with E-state index >= 15 is 0 Å². The van der Waals surface area contributed by atoms with Crippen LogP contribution in [0.2, 0.25) is 0 Å². The Balaban J connectivity index is 1.93. The predicted octanol–water partition coefficient (Wildman–Crippen LogP) is 3.95. The molecule has 0 fully saturated rings. The third-order valence-corrected chi connectivity index (χ3v) is 5.30. The van der Waals surface area contributed by atoms with E-state index in [0.717, 1.165) is 25.9 Å². The molecule has 6 heteroatoms. The summed E-state index contributed by atoms with van der Waals surface area (Å²) < 4.78 is 7.27. The zero-order valence-corrected chi connectivity index (χ0v) is 12.7. The molecule has 0 spiro atoms. The fraction of sp³-hybridized carbons (Fsp3) is 0.333. The number of thioether (sulfide) groups is 2. The number of methoxy groups -OCH3 is 1. The average Bonchev–Trinajstić information content (AvgIpc) is 2.85. The third kappa shape index (κ3) is 3.90. The molecule has 2 aromatic rings. The van der Waals surface area contributed by atoms with Gasteiger partial charge in [-0.25, -0.2) is 0 Å². The van der Waals surface area contributed by atoms with Crippen molar-refractivity contribution >= 4 is 34.9 Å². The number of aromatic nitrogens is 2. The molecule has 0 amide bonds. The molecule has 0 radical (unpaired) electrons. The highest BCUT2D eigenvalue weighted by molar-refractivity contribution is 8.02. The van der Waals surface area contributed by atoms with Crippen LogP contribution in [0, 0.1) is 0 Å². The topological polar surface area (TPSA) is 35.0 Å². The molecule has 0 atom stereocenters. The molecule has 0 unspecified atom stereocenters. The molecule has 2 rings (SSSR count). The summed E-state index contributed by atoms with van der Waals surface area (Å²) in [5.74, 6) is 2.82. The Labute approximate surface area is 119 Å². The van der Waals surface area contributed by atoms with Crippen LogP contribution in [-0.2, 0) is 5.75 Å². The van der Waals surface area contributed by atoms with Gasteiger partial charge in [0.25, 0.3) is 0 Å². The molecule has 0 N–H and O–H groups in total. The number of nitrogens with zero attached hydrogens (tertiary/aromatic N) is 2. The first-order chi connectivity index (χ1) is 8.81. The molecule has 0 saturated carbocycles. The molecular formula is C12H14N2OS3. The first kappa shape index (κ1) is 13.7. The van der Waals surface area contributed by atoms with E-state index in [0.29, 0.717) is 0 Å². The van der Waals surface area contributed by atoms with E-state index in [4.69, 9.17) is 4.74 Å². The molecule has 1 heterocycles. The second-order valence-corrected chi connectivity index (χ2v) is 7.12. The Morgan fingerprint density at radius 1 is 1.22 bits per heavy atom. The molecule has 3 nitrogen and oxygen atoms in total. The minimum Gasteiger partial charge on any atom is -0.497 e. The van der Waals surface area contributed by atoms with Gasteiger partial charge in [0.2, 0.25) is 0 Å². The van der Waals surface area contributed by atoms with Crippen LogP contribution >= 0.6 is 34.9 Å². The van der Waals surface area contributed by atoms with Gasteiger partial charge in [0.05, 0.1) is 7.11 Å². The van der Waals surface area contributed by atoms with E-state index in [1.54, 1.807) is 42.0 Å². The molecular weight excluding hydrogens is 284 g/mol. The quantitative estimate of drug-likeness (QED) is 0.754. The van der Waals surface area contributed by atoms with Crippen LogP contribution in [0.1, 0.15) is 12.5 Å². The zero-order chi connectivity index (χ0) is 12.8. The van der Waals surface area contributed by atoms with Crippen LogP contribution in [0.4, 0.5) is 0 Å². The van der Waals surface area contributed by atoms with Gasteiger partial charge in [-0.2, -0.15) is 0 Å². The normalized spacial score (nSPS) is 10.6. The summed E-state index contributed by atoms with van der Waals surface area (Å²) in [6.45, 7) is 2.12. The Morgan fingerprint density at radius 2 is 2.00 bits per heavy atom. The molecule has 0 aliphatic heterocycles. The van der Waals surface area contributed by atoms with Gasteiger partial charge < -0.3 is 4.74 Å². The number of ether oxygens (including phenoxy) is 1. The number of benzene rings is 1. The van der Waals surface area contributed by atoms with Gasteiger partial charge in [0.1, 0.15) is 5.75 Å². The number of rotatable bonds is 6. The van der Waals surface area contributed by atoms with Crippen molar-refractivity contribution in [2.75, 3.05) is 12.9 Å². The number of hydrogen-bond acceptors (Lipinski definition) is 6. The summed E-state index contributed by atoms with van der Waals surface area (Å²) in [4.78, 5) is 0. The van der Waals surface area contributed by atoms with Crippen LogP contribution in [0.15, 0.2) is 32.9 Å². The van der Waals surface area contributed by atoms with Gasteiger partial charge in [-0.3, -0.25) is 0 Å². The second kappa shape index (κ2) is 7.01. The van der Waals surface area contributed by atoms with Gasteiger partial charge in [0, 0.05) is 5.75 Å². The van der Waals surface area contributed by atoms with E-state index in [9.17, 15) is 0 Å². The van der Waals surface area contributed by atoms with E-state index in [2.05, 4.69) is 29.3 Å². The maximum Gasteiger partial charge on any atom is 0.175 e. The van der Waals surface area contributed by atoms with Crippen molar-refractivity contribution in [2.45, 2.75) is 21.4 Å². The van der Waals surface area contributed by atoms with Gasteiger partial charge in [-0.15, -0.1) is 10.2 Å². The average molecular weight is 298 g/mol. The lowest BCUT2D eigenvalue weighted by atomic mass is 10.2. The first-order valence-corrected chi connectivity index (χ1v) is 8.32. The van der Waals surface area contributed by atoms with Crippen molar-refractivity contribution in [1.82, 2.24) is 10.2 Å². The van der Waals surface area contributed by atoms with Crippen molar-refractivity contribution in [3.63, 3.8) is 0 Å². The van der Waals surface area contributed by atoms with Crippen LogP contribution in [0.5, 0.6) is 5.75 Å². The Bertz CT molecular complexity index is 502. The second-order valence-electron chi connectivity index (χ2n) is 3.41. The predicted molar refractivity (Wildman–Crippen MR) is 78.9 cm³/mol. The van der Waals surface area contributed by atoms with E-state index < -0.39 is 0 Å². The van der Waals surface area contributed by atoms with E-state index in [1.807, 2.05) is 12.1 Å². The molecule has 0 saturated heterocycles. The SMILES string of the molecule is CCSc1nnc(SCc2cccc(OC)c2)s1. The lowest BCUT2D eigenvalue weighted by molar-refractivity contribution is 0.414. The highest BCUT2D eigenvalue weighted by Crippen LogP contribution is 2.30. The maximum absolute atomic E-state index is 5.20. The zero-order valence-electron chi connectivity index (χ0n) is 10.3. The maximum atomic E-state index is 5.20. The largest absolute Gasteiger partial charge is 0.497 e. The molecule has 18 heavy (non-hydrogen) atoms. The fourth-order valence-corrected chi connectivity index (χ4v) is 4.20. The van der Waals surface area contributed by atoms with E-state index in [-0.39, 0.29) is 0 Å². The smallest absolute Gasteiger partial charge is 0.175 e. The molecule has 0 aliphatic carbocycles. The Morgan fingerprint density at radius 3 is 2.72 bits per heavy atom. The lowest BCUT2D eigenvalue weighted by Gasteiger charge is -2.02. The molecule has 0 bridgehead atoms. The van der Waals surface area contributed by atoms with Crippen molar-refractivity contribution in [3.8, 4) is 5.75 Å². The molecule has 1 aromatic carbocycles. The molecule has 1 aromatic heterocycles. The van der Waals surface area contributed by atoms with Crippen molar-refractivity contribution < 1.29 is 4.74 Å². The van der Waals surface area contributed by atoms with E-state index in [1.165, 1.54) is 5.56 Å². The summed E-state index contributed by atoms with van der Waals surface area (Å²) in [6, 6.07) is 8.11.